The molecule has 0 bridgehead atoms. The van der Waals surface area contributed by atoms with Crippen LogP contribution < -0.4 is 5.32 Å². The van der Waals surface area contributed by atoms with E-state index < -0.39 is 28.0 Å². The van der Waals surface area contributed by atoms with E-state index in [1.54, 1.807) is 0 Å². The number of thioether (sulfide) groups is 1. The van der Waals surface area contributed by atoms with Crippen molar-refractivity contribution in [3.05, 3.63) is 33.9 Å². The minimum absolute atomic E-state index is 0.0464. The van der Waals surface area contributed by atoms with Gasteiger partial charge in [-0.3, -0.25) is 15.4 Å². The maximum absolute atomic E-state index is 12.6. The van der Waals surface area contributed by atoms with E-state index >= 15 is 0 Å². The number of nitro groups is 1. The summed E-state index contributed by atoms with van der Waals surface area (Å²) in [5, 5.41) is 21.3. The molecule has 10 heteroatoms. The first kappa shape index (κ1) is 15.8. The van der Waals surface area contributed by atoms with E-state index in [0.29, 0.717) is 12.1 Å². The number of amidine groups is 1. The first-order valence-corrected chi connectivity index (χ1v) is 6.15. The first-order valence-electron chi connectivity index (χ1n) is 4.93. The Morgan fingerprint density at radius 3 is 2.65 bits per heavy atom. The van der Waals surface area contributed by atoms with Gasteiger partial charge in [0.25, 0.3) is 5.69 Å². The molecular formula is C10H7F3N4O2S. The molecule has 1 rings (SSSR count). The van der Waals surface area contributed by atoms with Gasteiger partial charge in [0, 0.05) is 6.07 Å². The fraction of sp³-hybridized carbons (Fsp3) is 0.200. The van der Waals surface area contributed by atoms with Gasteiger partial charge in [0.1, 0.15) is 5.69 Å². The normalized spacial score (nSPS) is 11.8. The summed E-state index contributed by atoms with van der Waals surface area (Å²) < 4.78 is 37.7. The van der Waals surface area contributed by atoms with Gasteiger partial charge in [-0.1, -0.05) is 11.8 Å². The van der Waals surface area contributed by atoms with Crippen LogP contribution in [0.3, 0.4) is 0 Å². The summed E-state index contributed by atoms with van der Waals surface area (Å²) in [6.45, 7) is 0. The summed E-state index contributed by atoms with van der Waals surface area (Å²) in [6.07, 6.45) is -1.58. The Labute approximate surface area is 115 Å². The number of nitrogens with zero attached hydrogens (tertiary/aromatic N) is 3. The topological polar surface area (TPSA) is 91.3 Å². The number of hydrogen-bond donors (Lipinski definition) is 1. The fourth-order valence-electron chi connectivity index (χ4n) is 1.23. The number of benzene rings is 1. The third-order valence-electron chi connectivity index (χ3n) is 2.08. The van der Waals surface area contributed by atoms with Crippen LogP contribution in [0.4, 0.5) is 24.5 Å². The second-order valence-corrected chi connectivity index (χ2v) is 4.11. The molecule has 0 aliphatic heterocycles. The van der Waals surface area contributed by atoms with Crippen molar-refractivity contribution in [2.75, 3.05) is 6.26 Å². The Hall–Kier alpha value is -2.28. The maximum Gasteiger partial charge on any atom is 0.416 e. The van der Waals surface area contributed by atoms with Crippen LogP contribution in [0.5, 0.6) is 0 Å². The van der Waals surface area contributed by atoms with Gasteiger partial charge in [-0.15, -0.1) is 0 Å². The number of halogens is 3. The van der Waals surface area contributed by atoms with Crippen LogP contribution in [0.2, 0.25) is 0 Å². The Bertz CT molecular complexity index is 595. The highest BCUT2D eigenvalue weighted by molar-refractivity contribution is 8.13. The van der Waals surface area contributed by atoms with Crippen LogP contribution in [0.15, 0.2) is 23.2 Å². The van der Waals surface area contributed by atoms with E-state index in [9.17, 15) is 23.3 Å². The van der Waals surface area contributed by atoms with Crippen LogP contribution in [0.25, 0.3) is 0 Å². The van der Waals surface area contributed by atoms with Crippen molar-refractivity contribution in [3.8, 4) is 6.19 Å². The first-order chi connectivity index (χ1) is 9.29. The van der Waals surface area contributed by atoms with Gasteiger partial charge < -0.3 is 0 Å². The molecule has 1 aromatic carbocycles. The van der Waals surface area contributed by atoms with Gasteiger partial charge in [0.15, 0.2) is 11.4 Å². The lowest BCUT2D eigenvalue weighted by Crippen LogP contribution is -2.12. The highest BCUT2D eigenvalue weighted by Crippen LogP contribution is 2.36. The Balaban J connectivity index is 3.40. The van der Waals surface area contributed by atoms with Crippen molar-refractivity contribution in [1.82, 2.24) is 5.32 Å². The summed E-state index contributed by atoms with van der Waals surface area (Å²) in [5.74, 6) is 0. The zero-order chi connectivity index (χ0) is 15.3. The molecule has 0 spiro atoms. The lowest BCUT2D eigenvalue weighted by molar-refractivity contribution is -0.384. The van der Waals surface area contributed by atoms with Crippen molar-refractivity contribution in [2.24, 2.45) is 4.99 Å². The summed E-state index contributed by atoms with van der Waals surface area (Å²) in [7, 11) is 0. The van der Waals surface area contributed by atoms with Crippen LogP contribution >= 0.6 is 11.8 Å². The van der Waals surface area contributed by atoms with Crippen molar-refractivity contribution in [3.63, 3.8) is 0 Å². The molecule has 0 saturated carbocycles. The molecule has 0 aliphatic rings. The highest BCUT2D eigenvalue weighted by atomic mass is 32.2. The van der Waals surface area contributed by atoms with E-state index in [0.717, 1.165) is 17.8 Å². The molecule has 0 radical (unpaired) electrons. The van der Waals surface area contributed by atoms with Crippen LogP contribution in [-0.4, -0.2) is 16.3 Å². The molecule has 0 fully saturated rings. The Morgan fingerprint density at radius 2 is 2.20 bits per heavy atom. The summed E-state index contributed by atoms with van der Waals surface area (Å²) in [5.41, 5.74) is -2.11. The van der Waals surface area contributed by atoms with E-state index in [1.807, 2.05) is 0 Å². The van der Waals surface area contributed by atoms with Crippen molar-refractivity contribution in [1.29, 1.82) is 5.26 Å². The lowest BCUT2D eigenvalue weighted by Gasteiger charge is -2.08. The summed E-state index contributed by atoms with van der Waals surface area (Å²) in [4.78, 5) is 13.6. The summed E-state index contributed by atoms with van der Waals surface area (Å²) >= 11 is 0.936. The number of nitrogens with one attached hydrogen (secondary N) is 1. The largest absolute Gasteiger partial charge is 0.416 e. The molecule has 20 heavy (non-hydrogen) atoms. The molecule has 0 unspecified atom stereocenters. The molecule has 0 saturated heterocycles. The van der Waals surface area contributed by atoms with Gasteiger partial charge in [-0.05, 0) is 18.4 Å². The SMILES string of the molecule is CSC(=Nc1cc(C(F)(F)F)ccc1[N+](=O)[O-])NC#N. The number of aliphatic imine (C=N–C) groups is 1. The molecule has 0 heterocycles. The van der Waals surface area contributed by atoms with Gasteiger partial charge in [-0.25, -0.2) is 4.99 Å². The molecule has 106 valence electrons. The van der Waals surface area contributed by atoms with Gasteiger partial charge >= 0.3 is 6.18 Å². The molecule has 0 amide bonds. The van der Waals surface area contributed by atoms with Gasteiger partial charge in [0.05, 0.1) is 10.5 Å². The zero-order valence-corrected chi connectivity index (χ0v) is 10.7. The third-order valence-corrected chi connectivity index (χ3v) is 2.66. The van der Waals surface area contributed by atoms with Crippen LogP contribution in [-0.2, 0) is 6.18 Å². The smallest absolute Gasteiger partial charge is 0.271 e. The van der Waals surface area contributed by atoms with E-state index in [-0.39, 0.29) is 5.17 Å². The minimum atomic E-state index is -4.64. The number of hydrogen-bond acceptors (Lipinski definition) is 5. The van der Waals surface area contributed by atoms with E-state index in [2.05, 4.69) is 10.3 Å². The predicted octanol–water partition coefficient (Wildman–Crippen LogP) is 3.03. The minimum Gasteiger partial charge on any atom is -0.271 e. The Kier molecular flexibility index (Phi) is 4.93. The molecular weight excluding hydrogens is 297 g/mol. The standard InChI is InChI=1S/C10H7F3N4O2S/c1-20-9(15-5-14)16-7-4-6(10(11,12)13)2-3-8(7)17(18)19/h2-4H,1H3,(H,15,16). The summed E-state index contributed by atoms with van der Waals surface area (Å²) in [6, 6.07) is 1.90. The number of nitro benzene ring substituents is 1. The average Bonchev–Trinajstić information content (AvgIpc) is 2.36. The molecule has 1 N–H and O–H groups in total. The van der Waals surface area contributed by atoms with E-state index in [4.69, 9.17) is 5.26 Å². The monoisotopic (exact) mass is 304 g/mol. The van der Waals surface area contributed by atoms with Crippen molar-refractivity contribution >= 4 is 28.3 Å². The number of alkyl halides is 3. The van der Waals surface area contributed by atoms with Crippen molar-refractivity contribution < 1.29 is 18.1 Å². The molecule has 0 aromatic heterocycles. The van der Waals surface area contributed by atoms with Crippen molar-refractivity contribution in [2.45, 2.75) is 6.18 Å². The van der Waals surface area contributed by atoms with Crippen LogP contribution in [0, 0.1) is 21.6 Å². The fourth-order valence-corrected chi connectivity index (χ4v) is 1.56. The second-order valence-electron chi connectivity index (χ2n) is 3.32. The van der Waals surface area contributed by atoms with Gasteiger partial charge in [-0.2, -0.15) is 18.4 Å². The average molecular weight is 304 g/mol. The lowest BCUT2D eigenvalue weighted by atomic mass is 10.1. The zero-order valence-electron chi connectivity index (χ0n) is 9.93. The molecule has 0 atom stereocenters. The van der Waals surface area contributed by atoms with Gasteiger partial charge in [0.2, 0.25) is 0 Å². The Morgan fingerprint density at radius 1 is 1.55 bits per heavy atom. The number of rotatable bonds is 2. The third kappa shape index (κ3) is 3.86. The predicted molar refractivity (Wildman–Crippen MR) is 67.5 cm³/mol. The van der Waals surface area contributed by atoms with E-state index in [1.165, 1.54) is 12.4 Å². The van der Waals surface area contributed by atoms with Crippen LogP contribution in [0.1, 0.15) is 5.56 Å². The molecule has 1 aromatic rings. The highest BCUT2D eigenvalue weighted by Gasteiger charge is 2.32. The second kappa shape index (κ2) is 6.25. The molecule has 6 nitrogen and oxygen atoms in total. The maximum atomic E-state index is 12.6. The molecule has 0 aliphatic carbocycles. The number of nitriles is 1. The quantitative estimate of drug-likeness (QED) is 0.226.